The standard InChI is InChI=1S/C19H28N4O4S/c20-19(25)17-8-4-5-9-23(17)18(24)14-21-10-12-22(13-11-21)28(26,27)15-16-6-2-1-3-7-16/h1-3,6-7,17H,4-5,8-15H2,(H2,20,25)/t17-/m1/s1. The highest BCUT2D eigenvalue weighted by Gasteiger charge is 2.33. The van der Waals surface area contributed by atoms with E-state index in [1.807, 2.05) is 23.1 Å². The van der Waals surface area contributed by atoms with E-state index in [1.165, 1.54) is 4.31 Å². The summed E-state index contributed by atoms with van der Waals surface area (Å²) in [6.45, 7) is 2.46. The second-order valence-corrected chi connectivity index (χ2v) is 9.39. The molecule has 2 aliphatic rings. The summed E-state index contributed by atoms with van der Waals surface area (Å²) in [5, 5.41) is 0. The van der Waals surface area contributed by atoms with Gasteiger partial charge in [0, 0.05) is 32.7 Å². The fraction of sp³-hybridized carbons (Fsp3) is 0.579. The van der Waals surface area contributed by atoms with Gasteiger partial charge in [-0.25, -0.2) is 8.42 Å². The molecule has 0 unspecified atom stereocenters. The summed E-state index contributed by atoms with van der Waals surface area (Å²) < 4.78 is 26.8. The molecule has 0 bridgehead atoms. The molecule has 154 valence electrons. The molecule has 2 N–H and O–H groups in total. The molecule has 0 radical (unpaired) electrons. The van der Waals surface area contributed by atoms with E-state index in [2.05, 4.69) is 0 Å². The Morgan fingerprint density at radius 3 is 2.32 bits per heavy atom. The summed E-state index contributed by atoms with van der Waals surface area (Å²) in [5.41, 5.74) is 6.20. The summed E-state index contributed by atoms with van der Waals surface area (Å²) in [5.74, 6) is -0.574. The van der Waals surface area contributed by atoms with Crippen LogP contribution in [0.25, 0.3) is 0 Å². The number of primary amides is 1. The highest BCUT2D eigenvalue weighted by atomic mass is 32.2. The van der Waals surface area contributed by atoms with E-state index in [1.54, 1.807) is 17.0 Å². The van der Waals surface area contributed by atoms with Crippen LogP contribution >= 0.6 is 0 Å². The van der Waals surface area contributed by atoms with Gasteiger partial charge in [0.1, 0.15) is 6.04 Å². The molecule has 0 aromatic heterocycles. The normalized spacial score (nSPS) is 22.1. The summed E-state index contributed by atoms with van der Waals surface area (Å²) in [6.07, 6.45) is 2.39. The zero-order chi connectivity index (χ0) is 20.1. The first kappa shape index (κ1) is 20.8. The highest BCUT2D eigenvalue weighted by Crippen LogP contribution is 2.18. The van der Waals surface area contributed by atoms with Crippen LogP contribution in [0, 0.1) is 0 Å². The van der Waals surface area contributed by atoms with Crippen LogP contribution in [0.5, 0.6) is 0 Å². The molecular formula is C19H28N4O4S. The molecule has 1 atom stereocenters. The monoisotopic (exact) mass is 408 g/mol. The van der Waals surface area contributed by atoms with Crippen LogP contribution in [-0.4, -0.2) is 79.6 Å². The van der Waals surface area contributed by atoms with Gasteiger partial charge in [0.15, 0.2) is 0 Å². The van der Waals surface area contributed by atoms with Crippen molar-refractivity contribution in [2.75, 3.05) is 39.3 Å². The Kier molecular flexibility index (Phi) is 6.69. The molecule has 2 aliphatic heterocycles. The number of piperazine rings is 1. The summed E-state index contributed by atoms with van der Waals surface area (Å²) in [7, 11) is -3.38. The molecule has 8 nitrogen and oxygen atoms in total. The Labute approximate surface area is 166 Å². The molecule has 9 heteroatoms. The number of likely N-dealkylation sites (tertiary alicyclic amines) is 1. The van der Waals surface area contributed by atoms with E-state index in [4.69, 9.17) is 5.73 Å². The van der Waals surface area contributed by atoms with Crippen molar-refractivity contribution in [3.63, 3.8) is 0 Å². The van der Waals surface area contributed by atoms with E-state index >= 15 is 0 Å². The number of nitrogens with two attached hydrogens (primary N) is 1. The third-order valence-corrected chi connectivity index (χ3v) is 7.28. The topological polar surface area (TPSA) is 104 Å². The van der Waals surface area contributed by atoms with E-state index in [9.17, 15) is 18.0 Å². The Bertz CT molecular complexity index is 791. The predicted molar refractivity (Wildman–Crippen MR) is 106 cm³/mol. The molecule has 2 heterocycles. The maximum absolute atomic E-state index is 12.6. The molecule has 1 aromatic carbocycles. The number of sulfonamides is 1. The Morgan fingerprint density at radius 1 is 1.00 bits per heavy atom. The summed E-state index contributed by atoms with van der Waals surface area (Å²) in [4.78, 5) is 27.8. The second kappa shape index (κ2) is 9.02. The Balaban J connectivity index is 1.52. The van der Waals surface area contributed by atoms with Gasteiger partial charge >= 0.3 is 0 Å². The van der Waals surface area contributed by atoms with Gasteiger partial charge in [-0.1, -0.05) is 30.3 Å². The average Bonchev–Trinajstić information content (AvgIpc) is 2.69. The van der Waals surface area contributed by atoms with Crippen molar-refractivity contribution >= 4 is 21.8 Å². The largest absolute Gasteiger partial charge is 0.368 e. The lowest BCUT2D eigenvalue weighted by molar-refractivity contribution is -0.142. The number of amides is 2. The second-order valence-electron chi connectivity index (χ2n) is 7.42. The van der Waals surface area contributed by atoms with Gasteiger partial charge in [-0.05, 0) is 24.8 Å². The quantitative estimate of drug-likeness (QED) is 0.714. The zero-order valence-electron chi connectivity index (χ0n) is 16.0. The number of benzene rings is 1. The first-order valence-corrected chi connectivity index (χ1v) is 11.3. The molecular weight excluding hydrogens is 380 g/mol. The molecule has 0 spiro atoms. The number of hydrogen-bond acceptors (Lipinski definition) is 5. The molecule has 28 heavy (non-hydrogen) atoms. The van der Waals surface area contributed by atoms with Gasteiger partial charge in [0.05, 0.1) is 12.3 Å². The van der Waals surface area contributed by atoms with Crippen LogP contribution in [0.3, 0.4) is 0 Å². The lowest BCUT2D eigenvalue weighted by Crippen LogP contribution is -2.55. The van der Waals surface area contributed by atoms with Crippen molar-refractivity contribution in [3.05, 3.63) is 35.9 Å². The minimum atomic E-state index is -3.38. The van der Waals surface area contributed by atoms with Crippen LogP contribution in [-0.2, 0) is 25.4 Å². The first-order chi connectivity index (χ1) is 13.4. The number of hydrogen-bond donors (Lipinski definition) is 1. The lowest BCUT2D eigenvalue weighted by atomic mass is 10.0. The van der Waals surface area contributed by atoms with Crippen LogP contribution in [0.1, 0.15) is 24.8 Å². The Morgan fingerprint density at radius 2 is 1.68 bits per heavy atom. The maximum atomic E-state index is 12.6. The van der Waals surface area contributed by atoms with Crippen molar-refractivity contribution in [2.24, 2.45) is 5.73 Å². The van der Waals surface area contributed by atoms with Crippen molar-refractivity contribution in [2.45, 2.75) is 31.1 Å². The summed E-state index contributed by atoms with van der Waals surface area (Å²) in [6, 6.07) is 8.61. The van der Waals surface area contributed by atoms with Gasteiger partial charge in [-0.15, -0.1) is 0 Å². The number of carbonyl (C=O) groups is 2. The first-order valence-electron chi connectivity index (χ1n) is 9.70. The van der Waals surface area contributed by atoms with Gasteiger partial charge < -0.3 is 10.6 Å². The van der Waals surface area contributed by atoms with Gasteiger partial charge in [-0.2, -0.15) is 4.31 Å². The van der Waals surface area contributed by atoms with Crippen molar-refractivity contribution in [1.82, 2.24) is 14.1 Å². The number of nitrogens with zero attached hydrogens (tertiary/aromatic N) is 3. The SMILES string of the molecule is NC(=O)[C@H]1CCCCN1C(=O)CN1CCN(S(=O)(=O)Cc2ccccc2)CC1. The highest BCUT2D eigenvalue weighted by molar-refractivity contribution is 7.88. The van der Waals surface area contributed by atoms with E-state index in [0.717, 1.165) is 18.4 Å². The lowest BCUT2D eigenvalue weighted by Gasteiger charge is -2.37. The third kappa shape index (κ3) is 5.09. The molecule has 0 aliphatic carbocycles. The summed E-state index contributed by atoms with van der Waals surface area (Å²) >= 11 is 0. The van der Waals surface area contributed by atoms with Crippen molar-refractivity contribution in [3.8, 4) is 0 Å². The number of piperidine rings is 1. The van der Waals surface area contributed by atoms with Gasteiger partial charge in [-0.3, -0.25) is 14.5 Å². The molecule has 1 aromatic rings. The van der Waals surface area contributed by atoms with Crippen LogP contribution < -0.4 is 5.73 Å². The van der Waals surface area contributed by atoms with E-state index < -0.39 is 22.0 Å². The smallest absolute Gasteiger partial charge is 0.240 e. The van der Waals surface area contributed by atoms with Gasteiger partial charge in [0.2, 0.25) is 21.8 Å². The third-order valence-electron chi connectivity index (χ3n) is 5.43. The molecule has 3 rings (SSSR count). The molecule has 2 amide bonds. The average molecular weight is 409 g/mol. The molecule has 2 saturated heterocycles. The van der Waals surface area contributed by atoms with Crippen LogP contribution in [0.15, 0.2) is 30.3 Å². The number of carbonyl (C=O) groups excluding carboxylic acids is 2. The molecule has 2 fully saturated rings. The van der Waals surface area contributed by atoms with E-state index in [-0.39, 0.29) is 18.2 Å². The van der Waals surface area contributed by atoms with Gasteiger partial charge in [0.25, 0.3) is 0 Å². The fourth-order valence-electron chi connectivity index (χ4n) is 3.85. The van der Waals surface area contributed by atoms with E-state index in [0.29, 0.717) is 39.1 Å². The number of rotatable bonds is 6. The fourth-order valence-corrected chi connectivity index (χ4v) is 5.37. The molecule has 0 saturated carbocycles. The van der Waals surface area contributed by atoms with Crippen LogP contribution in [0.4, 0.5) is 0 Å². The minimum absolute atomic E-state index is 0.0131. The zero-order valence-corrected chi connectivity index (χ0v) is 16.8. The Hall–Kier alpha value is -1.97. The van der Waals surface area contributed by atoms with Crippen molar-refractivity contribution < 1.29 is 18.0 Å². The predicted octanol–water partition coefficient (Wildman–Crippen LogP) is 0.000400. The minimum Gasteiger partial charge on any atom is -0.368 e. The maximum Gasteiger partial charge on any atom is 0.240 e. The van der Waals surface area contributed by atoms with Crippen molar-refractivity contribution in [1.29, 1.82) is 0 Å². The van der Waals surface area contributed by atoms with Crippen LogP contribution in [0.2, 0.25) is 0 Å².